The predicted octanol–water partition coefficient (Wildman–Crippen LogP) is 4.92. The van der Waals surface area contributed by atoms with Gasteiger partial charge in [0.25, 0.3) is 5.52 Å². The summed E-state index contributed by atoms with van der Waals surface area (Å²) in [7, 11) is 2.07. The zero-order valence-electron chi connectivity index (χ0n) is 13.6. The number of hydrogen-bond acceptors (Lipinski definition) is 1. The van der Waals surface area contributed by atoms with Gasteiger partial charge < -0.3 is 0 Å². The summed E-state index contributed by atoms with van der Waals surface area (Å²) in [6.45, 7) is 0. The van der Waals surface area contributed by atoms with Gasteiger partial charge in [-0.05, 0) is 52.0 Å². The third kappa shape index (κ3) is 2.11. The van der Waals surface area contributed by atoms with E-state index in [1.54, 1.807) is 0 Å². The van der Waals surface area contributed by atoms with E-state index in [0.29, 0.717) is 0 Å². The number of aromatic nitrogens is 3. The van der Waals surface area contributed by atoms with Gasteiger partial charge in [-0.15, -0.1) is 4.68 Å². The van der Waals surface area contributed by atoms with Crippen LogP contribution in [0.2, 0.25) is 0 Å². The molecule has 25 heavy (non-hydrogen) atoms. The monoisotopic (exact) mass is 388 g/mol. The third-order valence-corrected chi connectivity index (χ3v) is 5.27. The maximum absolute atomic E-state index is 4.95. The van der Waals surface area contributed by atoms with Crippen molar-refractivity contribution in [3.05, 3.63) is 77.3 Å². The summed E-state index contributed by atoms with van der Waals surface area (Å²) in [6, 6.07) is 25.3. The quantitative estimate of drug-likeness (QED) is 0.295. The van der Waals surface area contributed by atoms with E-state index in [1.807, 2.05) is 16.9 Å². The Kier molecular flexibility index (Phi) is 3.15. The number of aryl methyl sites for hydroxylation is 1. The number of fused-ring (bicyclic) bond motifs is 6. The summed E-state index contributed by atoms with van der Waals surface area (Å²) >= 11 is 3.50. The molecule has 5 rings (SSSR count). The van der Waals surface area contributed by atoms with Crippen LogP contribution in [0.25, 0.3) is 38.3 Å². The summed E-state index contributed by atoms with van der Waals surface area (Å²) in [6.07, 6.45) is 0. The minimum absolute atomic E-state index is 1.03. The molecule has 0 amide bonds. The second-order valence-electron chi connectivity index (χ2n) is 6.18. The number of rotatable bonds is 1. The van der Waals surface area contributed by atoms with Gasteiger partial charge in [0.05, 0.1) is 5.10 Å². The molecule has 1 heterocycles. The maximum atomic E-state index is 4.95. The smallest absolute Gasteiger partial charge is 0.150 e. The van der Waals surface area contributed by atoms with Crippen LogP contribution in [0.4, 0.5) is 0 Å². The van der Waals surface area contributed by atoms with Gasteiger partial charge in [-0.25, -0.2) is 0 Å². The van der Waals surface area contributed by atoms with E-state index in [9.17, 15) is 0 Å². The van der Waals surface area contributed by atoms with Crippen molar-refractivity contribution in [2.75, 3.05) is 0 Å². The van der Waals surface area contributed by atoms with Crippen molar-refractivity contribution in [1.29, 1.82) is 0 Å². The molecule has 0 saturated carbocycles. The average molecular weight is 389 g/mol. The highest BCUT2D eigenvalue weighted by Gasteiger charge is 2.23. The first-order valence-corrected chi connectivity index (χ1v) is 8.98. The molecule has 0 aliphatic heterocycles. The predicted molar refractivity (Wildman–Crippen MR) is 105 cm³/mol. The molecule has 0 aliphatic carbocycles. The molecule has 0 spiro atoms. The van der Waals surface area contributed by atoms with Gasteiger partial charge in [0, 0.05) is 15.2 Å². The van der Waals surface area contributed by atoms with Gasteiger partial charge in [0.2, 0.25) is 5.52 Å². The number of hydrogen-bond donors (Lipinski definition) is 0. The van der Waals surface area contributed by atoms with Crippen molar-refractivity contribution in [1.82, 2.24) is 9.90 Å². The summed E-state index contributed by atoms with van der Waals surface area (Å²) in [5.41, 5.74) is 3.21. The Bertz CT molecular complexity index is 1250. The molecule has 4 aromatic carbocycles. The van der Waals surface area contributed by atoms with Crippen LogP contribution >= 0.6 is 15.9 Å². The van der Waals surface area contributed by atoms with E-state index in [2.05, 4.69) is 88.3 Å². The lowest BCUT2D eigenvalue weighted by molar-refractivity contribution is -0.725. The second kappa shape index (κ2) is 5.39. The van der Waals surface area contributed by atoms with Crippen molar-refractivity contribution in [2.45, 2.75) is 0 Å². The highest BCUT2D eigenvalue weighted by molar-refractivity contribution is 9.10. The molecule has 3 nitrogen and oxygen atoms in total. The molecule has 0 bridgehead atoms. The van der Waals surface area contributed by atoms with Crippen LogP contribution in [0.3, 0.4) is 0 Å². The topological polar surface area (TPSA) is 21.7 Å². The standard InChI is InChI=1S/C21H15BrN3/c1-24-21-19-9-5-3-7-17(19)16-6-2-4-8-18(16)20(21)23-25(24)15-12-10-14(22)11-13-15/h2-13H,1H3/q+1. The van der Waals surface area contributed by atoms with E-state index in [4.69, 9.17) is 5.10 Å². The molecule has 0 atom stereocenters. The first-order valence-electron chi connectivity index (χ1n) is 8.18. The Hall–Kier alpha value is -2.72. The number of benzene rings is 4. The van der Waals surface area contributed by atoms with Gasteiger partial charge in [0.1, 0.15) is 12.7 Å². The van der Waals surface area contributed by atoms with Crippen molar-refractivity contribution in [3.8, 4) is 5.69 Å². The number of nitrogens with zero attached hydrogens (tertiary/aromatic N) is 3. The zero-order chi connectivity index (χ0) is 17.0. The van der Waals surface area contributed by atoms with Crippen LogP contribution in [0, 0.1) is 0 Å². The number of halogens is 1. The minimum Gasteiger partial charge on any atom is -0.150 e. The molecule has 4 heteroatoms. The third-order valence-electron chi connectivity index (χ3n) is 4.74. The van der Waals surface area contributed by atoms with E-state index < -0.39 is 0 Å². The average Bonchev–Trinajstić information content (AvgIpc) is 3.00. The molecule has 0 radical (unpaired) electrons. The van der Waals surface area contributed by atoms with Crippen LogP contribution < -0.4 is 4.68 Å². The largest absolute Gasteiger partial charge is 0.258 e. The van der Waals surface area contributed by atoms with Crippen LogP contribution in [-0.4, -0.2) is 9.90 Å². The lowest BCUT2D eigenvalue weighted by atomic mass is 10.00. The Balaban J connectivity index is 1.99. The fourth-order valence-electron chi connectivity index (χ4n) is 3.59. The van der Waals surface area contributed by atoms with Crippen molar-refractivity contribution in [2.24, 2.45) is 7.05 Å². The molecule has 0 unspecified atom stereocenters. The van der Waals surface area contributed by atoms with Crippen LogP contribution in [0.1, 0.15) is 0 Å². The first kappa shape index (κ1) is 14.6. The van der Waals surface area contributed by atoms with Crippen LogP contribution in [0.5, 0.6) is 0 Å². The van der Waals surface area contributed by atoms with Crippen molar-refractivity contribution in [3.63, 3.8) is 0 Å². The molecular weight excluding hydrogens is 374 g/mol. The van der Waals surface area contributed by atoms with Crippen molar-refractivity contribution < 1.29 is 4.68 Å². The van der Waals surface area contributed by atoms with Gasteiger partial charge in [0.15, 0.2) is 0 Å². The summed E-state index contributed by atoms with van der Waals surface area (Å²) in [5, 5.41) is 9.86. The van der Waals surface area contributed by atoms with Crippen molar-refractivity contribution >= 4 is 48.5 Å². The van der Waals surface area contributed by atoms with Gasteiger partial charge >= 0.3 is 0 Å². The minimum atomic E-state index is 1.03. The summed E-state index contributed by atoms with van der Waals surface area (Å²) in [4.78, 5) is 1.97. The van der Waals surface area contributed by atoms with E-state index in [0.717, 1.165) is 21.2 Å². The van der Waals surface area contributed by atoms with Gasteiger partial charge in [-0.1, -0.05) is 52.3 Å². The molecule has 0 aliphatic rings. The second-order valence-corrected chi connectivity index (χ2v) is 7.09. The lowest BCUT2D eigenvalue weighted by Gasteiger charge is -2.03. The Morgan fingerprint density at radius 3 is 2.00 bits per heavy atom. The van der Waals surface area contributed by atoms with E-state index in [1.165, 1.54) is 21.5 Å². The van der Waals surface area contributed by atoms with Crippen LogP contribution in [-0.2, 0) is 7.05 Å². The van der Waals surface area contributed by atoms with Crippen LogP contribution in [0.15, 0.2) is 77.3 Å². The van der Waals surface area contributed by atoms with Gasteiger partial charge in [-0.2, -0.15) is 0 Å². The Labute approximate surface area is 153 Å². The fraction of sp³-hybridized carbons (Fsp3) is 0.0476. The molecule has 0 saturated heterocycles. The highest BCUT2D eigenvalue weighted by atomic mass is 79.9. The summed E-state index contributed by atoms with van der Waals surface area (Å²) in [5.74, 6) is 0. The molecule has 0 N–H and O–H groups in total. The Morgan fingerprint density at radius 2 is 1.32 bits per heavy atom. The zero-order valence-corrected chi connectivity index (χ0v) is 15.2. The molecule has 1 aromatic heterocycles. The maximum Gasteiger partial charge on any atom is 0.258 e. The molecule has 0 fully saturated rings. The fourth-order valence-corrected chi connectivity index (χ4v) is 3.86. The lowest BCUT2D eigenvalue weighted by Crippen LogP contribution is -2.38. The van der Waals surface area contributed by atoms with E-state index in [-0.39, 0.29) is 0 Å². The first-order chi connectivity index (χ1) is 12.2. The Morgan fingerprint density at radius 1 is 0.760 bits per heavy atom. The SMILES string of the molecule is C[n+]1c2c3ccccc3c3ccccc3c2nn1-c1ccc(Br)cc1. The molecular formula is C21H15BrN3+. The normalized spacial score (nSPS) is 11.6. The summed E-state index contributed by atoms with van der Waals surface area (Å²) < 4.78 is 3.19. The highest BCUT2D eigenvalue weighted by Crippen LogP contribution is 2.32. The molecule has 120 valence electrons. The molecule has 5 aromatic rings. The van der Waals surface area contributed by atoms with E-state index >= 15 is 0 Å². The van der Waals surface area contributed by atoms with Gasteiger partial charge in [-0.3, -0.25) is 0 Å².